The summed E-state index contributed by atoms with van der Waals surface area (Å²) < 4.78 is 0. The summed E-state index contributed by atoms with van der Waals surface area (Å²) in [6.07, 6.45) is 4.87. The van der Waals surface area contributed by atoms with E-state index in [1.165, 1.54) is 5.56 Å². The van der Waals surface area contributed by atoms with Crippen molar-refractivity contribution in [1.82, 2.24) is 14.8 Å². The van der Waals surface area contributed by atoms with Crippen LogP contribution >= 0.6 is 11.3 Å². The summed E-state index contributed by atoms with van der Waals surface area (Å²) in [5, 5.41) is 3.93. The number of rotatable bonds is 3. The van der Waals surface area contributed by atoms with Crippen molar-refractivity contribution in [2.24, 2.45) is 5.92 Å². The van der Waals surface area contributed by atoms with Gasteiger partial charge in [-0.25, -0.2) is 0 Å². The summed E-state index contributed by atoms with van der Waals surface area (Å²) in [6.45, 7) is 3.91. The van der Waals surface area contributed by atoms with Crippen LogP contribution in [0.1, 0.15) is 22.3 Å². The van der Waals surface area contributed by atoms with Gasteiger partial charge in [0.2, 0.25) is 0 Å². The first-order valence-electron chi connectivity index (χ1n) is 7.75. The summed E-state index contributed by atoms with van der Waals surface area (Å²) in [6, 6.07) is 6.42. The molecule has 2 fully saturated rings. The number of hydrogen-bond donors (Lipinski definition) is 0. The zero-order valence-electron chi connectivity index (χ0n) is 12.4. The number of aromatic nitrogens is 1. The molecule has 114 valence electrons. The smallest absolute Gasteiger partial charge is 0.255 e. The van der Waals surface area contributed by atoms with E-state index >= 15 is 0 Å². The van der Waals surface area contributed by atoms with Crippen molar-refractivity contribution in [3.63, 3.8) is 0 Å². The largest absolute Gasteiger partial charge is 0.334 e. The Hall–Kier alpha value is -1.72. The van der Waals surface area contributed by atoms with Crippen LogP contribution < -0.4 is 0 Å². The van der Waals surface area contributed by atoms with Crippen molar-refractivity contribution in [1.29, 1.82) is 0 Å². The van der Waals surface area contributed by atoms with Crippen molar-refractivity contribution in [3.05, 3.63) is 52.5 Å². The standard InChI is InChI=1S/C17H19N3OS/c21-17(15-4-7-22-12-15)20-6-3-14-10-19(11-16(14)20)9-13-2-1-5-18-8-13/h1-2,4-5,7-8,12,14,16H,3,6,9-11H2. The normalized spacial score (nSPS) is 24.6. The lowest BCUT2D eigenvalue weighted by atomic mass is 10.1. The lowest BCUT2D eigenvalue weighted by Crippen LogP contribution is -2.39. The molecule has 0 saturated carbocycles. The lowest BCUT2D eigenvalue weighted by Gasteiger charge is -2.24. The number of likely N-dealkylation sites (tertiary alicyclic amines) is 2. The summed E-state index contributed by atoms with van der Waals surface area (Å²) in [5.74, 6) is 0.830. The highest BCUT2D eigenvalue weighted by Gasteiger charge is 2.43. The van der Waals surface area contributed by atoms with Crippen LogP contribution in [0.15, 0.2) is 41.4 Å². The molecule has 0 radical (unpaired) electrons. The third-order valence-electron chi connectivity index (χ3n) is 4.78. The second-order valence-electron chi connectivity index (χ2n) is 6.18. The molecule has 4 nitrogen and oxygen atoms in total. The van der Waals surface area contributed by atoms with Gasteiger partial charge in [0, 0.05) is 50.0 Å². The maximum Gasteiger partial charge on any atom is 0.255 e. The van der Waals surface area contributed by atoms with E-state index in [1.54, 1.807) is 11.3 Å². The van der Waals surface area contributed by atoms with Crippen LogP contribution in [-0.4, -0.2) is 46.4 Å². The number of thiophene rings is 1. The van der Waals surface area contributed by atoms with Crippen LogP contribution in [0.2, 0.25) is 0 Å². The Labute approximate surface area is 134 Å². The Morgan fingerprint density at radius 1 is 1.36 bits per heavy atom. The average molecular weight is 313 g/mol. The maximum atomic E-state index is 12.6. The predicted molar refractivity (Wildman–Crippen MR) is 86.8 cm³/mol. The van der Waals surface area contributed by atoms with Crippen LogP contribution in [0.4, 0.5) is 0 Å². The molecule has 2 atom stereocenters. The number of carbonyl (C=O) groups is 1. The fourth-order valence-electron chi connectivity index (χ4n) is 3.73. The van der Waals surface area contributed by atoms with Gasteiger partial charge in [0.25, 0.3) is 5.91 Å². The van der Waals surface area contributed by atoms with E-state index in [1.807, 2.05) is 35.3 Å². The van der Waals surface area contributed by atoms with Crippen LogP contribution in [-0.2, 0) is 6.54 Å². The summed E-state index contributed by atoms with van der Waals surface area (Å²) in [7, 11) is 0. The molecular formula is C17H19N3OS. The van der Waals surface area contributed by atoms with Crippen molar-refractivity contribution in [2.75, 3.05) is 19.6 Å². The first kappa shape index (κ1) is 13.9. The number of amides is 1. The van der Waals surface area contributed by atoms with Gasteiger partial charge in [-0.3, -0.25) is 14.7 Å². The molecule has 5 heteroatoms. The SMILES string of the molecule is O=C(c1ccsc1)N1CCC2CN(Cc3cccnc3)CC21. The molecule has 2 aromatic heterocycles. The van der Waals surface area contributed by atoms with Gasteiger partial charge < -0.3 is 4.90 Å². The molecule has 0 bridgehead atoms. The van der Waals surface area contributed by atoms with Crippen molar-refractivity contribution in [2.45, 2.75) is 19.0 Å². The molecule has 0 aliphatic carbocycles. The molecule has 2 unspecified atom stereocenters. The highest BCUT2D eigenvalue weighted by molar-refractivity contribution is 7.08. The molecular weight excluding hydrogens is 294 g/mol. The minimum absolute atomic E-state index is 0.206. The molecule has 2 aliphatic rings. The second kappa shape index (κ2) is 5.82. The fraction of sp³-hybridized carbons (Fsp3) is 0.412. The van der Waals surface area contributed by atoms with Gasteiger partial charge in [0.05, 0.1) is 5.56 Å². The molecule has 22 heavy (non-hydrogen) atoms. The molecule has 4 rings (SSSR count). The van der Waals surface area contributed by atoms with Gasteiger partial charge in [-0.1, -0.05) is 6.07 Å². The monoisotopic (exact) mass is 313 g/mol. The lowest BCUT2D eigenvalue weighted by molar-refractivity contribution is 0.0727. The molecule has 4 heterocycles. The van der Waals surface area contributed by atoms with Crippen LogP contribution in [0.5, 0.6) is 0 Å². The molecule has 0 spiro atoms. The predicted octanol–water partition coefficient (Wildman–Crippen LogP) is 2.49. The third-order valence-corrected chi connectivity index (χ3v) is 5.46. The van der Waals surface area contributed by atoms with Gasteiger partial charge in [0.1, 0.15) is 0 Å². The Morgan fingerprint density at radius 3 is 3.09 bits per heavy atom. The fourth-order valence-corrected chi connectivity index (χ4v) is 4.36. The number of carbonyl (C=O) groups excluding carboxylic acids is 1. The summed E-state index contributed by atoms with van der Waals surface area (Å²) in [5.41, 5.74) is 2.09. The van der Waals surface area contributed by atoms with Gasteiger partial charge in [-0.05, 0) is 35.4 Å². The van der Waals surface area contributed by atoms with Crippen molar-refractivity contribution < 1.29 is 4.79 Å². The van der Waals surface area contributed by atoms with E-state index in [-0.39, 0.29) is 5.91 Å². The van der Waals surface area contributed by atoms with E-state index < -0.39 is 0 Å². The topological polar surface area (TPSA) is 36.4 Å². The van der Waals surface area contributed by atoms with Gasteiger partial charge in [0.15, 0.2) is 0 Å². The average Bonchev–Trinajstić information content (AvgIpc) is 3.24. The number of pyridine rings is 1. The Bertz CT molecular complexity index is 643. The summed E-state index contributed by atoms with van der Waals surface area (Å²) in [4.78, 5) is 21.4. The number of nitrogens with zero attached hydrogens (tertiary/aromatic N) is 3. The molecule has 0 aromatic carbocycles. The van der Waals surface area contributed by atoms with Crippen molar-refractivity contribution >= 4 is 17.2 Å². The van der Waals surface area contributed by atoms with Crippen LogP contribution in [0.3, 0.4) is 0 Å². The Balaban J connectivity index is 1.44. The first-order chi connectivity index (χ1) is 10.8. The summed E-state index contributed by atoms with van der Waals surface area (Å²) >= 11 is 1.59. The minimum atomic E-state index is 0.206. The highest BCUT2D eigenvalue weighted by Crippen LogP contribution is 2.33. The number of fused-ring (bicyclic) bond motifs is 1. The Kier molecular flexibility index (Phi) is 3.68. The van der Waals surface area contributed by atoms with Gasteiger partial charge >= 0.3 is 0 Å². The van der Waals surface area contributed by atoms with Gasteiger partial charge in [-0.15, -0.1) is 0 Å². The van der Waals surface area contributed by atoms with E-state index in [9.17, 15) is 4.79 Å². The zero-order chi connectivity index (χ0) is 14.9. The molecule has 2 saturated heterocycles. The van der Waals surface area contributed by atoms with Crippen LogP contribution in [0, 0.1) is 5.92 Å². The minimum Gasteiger partial charge on any atom is -0.334 e. The molecule has 2 aliphatic heterocycles. The third kappa shape index (κ3) is 2.55. The maximum absolute atomic E-state index is 12.6. The Morgan fingerprint density at radius 2 is 2.32 bits per heavy atom. The highest BCUT2D eigenvalue weighted by atomic mass is 32.1. The van der Waals surface area contributed by atoms with E-state index in [2.05, 4.69) is 20.9 Å². The zero-order valence-corrected chi connectivity index (χ0v) is 13.2. The quantitative estimate of drug-likeness (QED) is 0.873. The van der Waals surface area contributed by atoms with Crippen LogP contribution in [0.25, 0.3) is 0 Å². The molecule has 0 N–H and O–H groups in total. The van der Waals surface area contributed by atoms with E-state index in [0.29, 0.717) is 12.0 Å². The number of hydrogen-bond acceptors (Lipinski definition) is 4. The first-order valence-corrected chi connectivity index (χ1v) is 8.70. The molecule has 1 amide bonds. The second-order valence-corrected chi connectivity index (χ2v) is 6.96. The van der Waals surface area contributed by atoms with E-state index in [4.69, 9.17) is 0 Å². The molecule has 2 aromatic rings. The van der Waals surface area contributed by atoms with E-state index in [0.717, 1.165) is 38.2 Å². The van der Waals surface area contributed by atoms with Gasteiger partial charge in [-0.2, -0.15) is 11.3 Å². The van der Waals surface area contributed by atoms with Crippen molar-refractivity contribution in [3.8, 4) is 0 Å².